The maximum absolute atomic E-state index is 12.3. The number of piperidine rings is 1. The first-order valence-electron chi connectivity index (χ1n) is 6.90. The van der Waals surface area contributed by atoms with Crippen molar-refractivity contribution in [2.75, 3.05) is 0 Å². The number of rotatable bonds is 3. The van der Waals surface area contributed by atoms with Crippen molar-refractivity contribution in [2.45, 2.75) is 58.2 Å². The first-order chi connectivity index (χ1) is 9.00. The summed E-state index contributed by atoms with van der Waals surface area (Å²) in [6.45, 7) is 4.55. The fourth-order valence-corrected chi connectivity index (χ4v) is 2.82. The molecule has 1 aliphatic heterocycles. The van der Waals surface area contributed by atoms with E-state index in [1.54, 1.807) is 7.05 Å². The van der Waals surface area contributed by atoms with Crippen LogP contribution in [0.2, 0.25) is 0 Å². The highest BCUT2D eigenvalue weighted by molar-refractivity contribution is 5.76. The van der Waals surface area contributed by atoms with Crippen LogP contribution in [0.3, 0.4) is 0 Å². The minimum atomic E-state index is -0.174. The molecule has 1 aromatic rings. The van der Waals surface area contributed by atoms with E-state index in [2.05, 4.69) is 18.9 Å². The summed E-state index contributed by atoms with van der Waals surface area (Å²) in [7, 11) is 1.66. The number of likely N-dealkylation sites (tertiary alicyclic amines) is 1. The van der Waals surface area contributed by atoms with E-state index < -0.39 is 0 Å². The Morgan fingerprint density at radius 1 is 1.37 bits per heavy atom. The van der Waals surface area contributed by atoms with Crippen LogP contribution < -0.4 is 5.69 Å². The van der Waals surface area contributed by atoms with Crippen LogP contribution >= 0.6 is 0 Å². The van der Waals surface area contributed by atoms with Crippen molar-refractivity contribution in [2.24, 2.45) is 7.05 Å². The second-order valence-electron chi connectivity index (χ2n) is 5.43. The maximum atomic E-state index is 12.3. The fraction of sp³-hybridized carbons (Fsp3) is 0.769. The van der Waals surface area contributed by atoms with E-state index in [4.69, 9.17) is 0 Å². The first kappa shape index (κ1) is 13.8. The lowest BCUT2D eigenvalue weighted by molar-refractivity contribution is -0.137. The summed E-state index contributed by atoms with van der Waals surface area (Å²) < 4.78 is 2.76. The molecular weight excluding hydrogens is 244 g/mol. The average molecular weight is 266 g/mol. The highest BCUT2D eigenvalue weighted by atomic mass is 16.2. The van der Waals surface area contributed by atoms with E-state index in [9.17, 15) is 9.59 Å². The molecule has 6 heteroatoms. The van der Waals surface area contributed by atoms with Gasteiger partial charge in [0.05, 0.1) is 6.54 Å². The zero-order valence-electron chi connectivity index (χ0n) is 11.9. The standard InChI is InChI=1S/C13H22N4O2/c1-10-5-4-6-11(2)17(10)12(18)7-8-16-13(19)15(3)9-14-16/h9-11H,4-8H2,1-3H3/t10-,11+. The lowest BCUT2D eigenvalue weighted by Gasteiger charge is -2.39. The van der Waals surface area contributed by atoms with Gasteiger partial charge in [0.25, 0.3) is 0 Å². The van der Waals surface area contributed by atoms with Gasteiger partial charge in [-0.3, -0.25) is 9.36 Å². The lowest BCUT2D eigenvalue weighted by atomic mass is 9.97. The number of aryl methyl sites for hydroxylation is 2. The third kappa shape index (κ3) is 2.88. The lowest BCUT2D eigenvalue weighted by Crippen LogP contribution is -2.47. The summed E-state index contributed by atoms with van der Waals surface area (Å²) in [4.78, 5) is 25.9. The first-order valence-corrected chi connectivity index (χ1v) is 6.90. The topological polar surface area (TPSA) is 60.1 Å². The molecule has 0 spiro atoms. The number of carbonyl (C=O) groups excluding carboxylic acids is 1. The quantitative estimate of drug-likeness (QED) is 0.811. The Morgan fingerprint density at radius 2 is 2.00 bits per heavy atom. The minimum Gasteiger partial charge on any atom is -0.337 e. The van der Waals surface area contributed by atoms with Crippen LogP contribution in [0.1, 0.15) is 39.5 Å². The molecule has 0 unspecified atom stereocenters. The molecule has 2 heterocycles. The number of amides is 1. The van der Waals surface area contributed by atoms with E-state index in [0.29, 0.717) is 25.0 Å². The van der Waals surface area contributed by atoms with Crippen LogP contribution in [0.4, 0.5) is 0 Å². The molecule has 0 saturated carbocycles. The van der Waals surface area contributed by atoms with Crippen LogP contribution in [0, 0.1) is 0 Å². The molecule has 0 aromatic carbocycles. The normalized spacial score (nSPS) is 23.6. The summed E-state index contributed by atoms with van der Waals surface area (Å²) in [6, 6.07) is 0.605. The van der Waals surface area contributed by atoms with Crippen LogP contribution in [-0.4, -0.2) is 37.2 Å². The Morgan fingerprint density at radius 3 is 2.53 bits per heavy atom. The number of aromatic nitrogens is 3. The zero-order chi connectivity index (χ0) is 14.0. The summed E-state index contributed by atoms with van der Waals surface area (Å²) >= 11 is 0. The molecule has 0 aliphatic carbocycles. The zero-order valence-corrected chi connectivity index (χ0v) is 11.9. The molecule has 0 bridgehead atoms. The Bertz CT molecular complexity index is 495. The molecule has 1 saturated heterocycles. The number of hydrogen-bond donors (Lipinski definition) is 0. The maximum Gasteiger partial charge on any atom is 0.345 e. The predicted molar refractivity (Wildman–Crippen MR) is 71.7 cm³/mol. The molecule has 0 N–H and O–H groups in total. The van der Waals surface area contributed by atoms with Crippen molar-refractivity contribution < 1.29 is 4.79 Å². The minimum absolute atomic E-state index is 0.122. The van der Waals surface area contributed by atoms with Gasteiger partial charge < -0.3 is 4.90 Å². The smallest absolute Gasteiger partial charge is 0.337 e. The van der Waals surface area contributed by atoms with Gasteiger partial charge in [-0.25, -0.2) is 9.48 Å². The van der Waals surface area contributed by atoms with Gasteiger partial charge in [0, 0.05) is 25.6 Å². The second kappa shape index (κ2) is 5.59. The molecule has 6 nitrogen and oxygen atoms in total. The highest BCUT2D eigenvalue weighted by Crippen LogP contribution is 2.23. The molecule has 1 fully saturated rings. The summed E-state index contributed by atoms with van der Waals surface area (Å²) in [5.41, 5.74) is -0.174. The predicted octanol–water partition coefficient (Wildman–Crippen LogP) is 0.761. The van der Waals surface area contributed by atoms with Gasteiger partial charge >= 0.3 is 5.69 Å². The van der Waals surface area contributed by atoms with Crippen molar-refractivity contribution in [3.05, 3.63) is 16.8 Å². The Labute approximate surface area is 113 Å². The van der Waals surface area contributed by atoms with Crippen LogP contribution in [0.15, 0.2) is 11.1 Å². The largest absolute Gasteiger partial charge is 0.345 e. The van der Waals surface area contributed by atoms with Crippen LogP contribution in [0.25, 0.3) is 0 Å². The number of hydrogen-bond acceptors (Lipinski definition) is 3. The molecule has 106 valence electrons. The van der Waals surface area contributed by atoms with Gasteiger partial charge in [0.2, 0.25) is 5.91 Å². The third-order valence-electron chi connectivity index (χ3n) is 3.91. The summed E-state index contributed by atoms with van der Waals surface area (Å²) in [5, 5.41) is 3.97. The molecule has 1 aromatic heterocycles. The molecule has 1 aliphatic rings. The average Bonchev–Trinajstić information content (AvgIpc) is 2.67. The van der Waals surface area contributed by atoms with E-state index in [1.165, 1.54) is 22.0 Å². The Balaban J connectivity index is 1.97. The molecule has 2 rings (SSSR count). The van der Waals surface area contributed by atoms with E-state index in [1.807, 2.05) is 4.90 Å². The summed E-state index contributed by atoms with van der Waals surface area (Å²) in [5.74, 6) is 0.122. The van der Waals surface area contributed by atoms with E-state index in [-0.39, 0.29) is 11.6 Å². The molecular formula is C13H22N4O2. The van der Waals surface area contributed by atoms with Crippen LogP contribution in [0.5, 0.6) is 0 Å². The van der Waals surface area contributed by atoms with Gasteiger partial charge in [-0.05, 0) is 33.1 Å². The van der Waals surface area contributed by atoms with Gasteiger partial charge in [-0.1, -0.05) is 0 Å². The Hall–Kier alpha value is -1.59. The Kier molecular flexibility index (Phi) is 4.07. The SMILES string of the molecule is C[C@@H]1CCC[C@H](C)N1C(=O)CCn1ncn(C)c1=O. The monoisotopic (exact) mass is 266 g/mol. The second-order valence-corrected chi connectivity index (χ2v) is 5.43. The number of nitrogens with zero attached hydrogens (tertiary/aromatic N) is 4. The van der Waals surface area contributed by atoms with Crippen LogP contribution in [-0.2, 0) is 18.4 Å². The van der Waals surface area contributed by atoms with E-state index >= 15 is 0 Å². The summed E-state index contributed by atoms with van der Waals surface area (Å²) in [6.07, 6.45) is 5.13. The highest BCUT2D eigenvalue weighted by Gasteiger charge is 2.28. The van der Waals surface area contributed by atoms with Crippen molar-refractivity contribution in [1.82, 2.24) is 19.2 Å². The molecule has 2 atom stereocenters. The van der Waals surface area contributed by atoms with Gasteiger partial charge in [-0.2, -0.15) is 5.10 Å². The van der Waals surface area contributed by atoms with Gasteiger partial charge in [-0.15, -0.1) is 0 Å². The van der Waals surface area contributed by atoms with Gasteiger partial charge in [0.1, 0.15) is 6.33 Å². The number of carbonyl (C=O) groups is 1. The van der Waals surface area contributed by atoms with Crippen molar-refractivity contribution in [1.29, 1.82) is 0 Å². The fourth-order valence-electron chi connectivity index (χ4n) is 2.82. The van der Waals surface area contributed by atoms with E-state index in [0.717, 1.165) is 12.8 Å². The molecule has 1 amide bonds. The molecule has 0 radical (unpaired) electrons. The molecule has 19 heavy (non-hydrogen) atoms. The third-order valence-corrected chi connectivity index (χ3v) is 3.91. The van der Waals surface area contributed by atoms with Crippen molar-refractivity contribution in [3.8, 4) is 0 Å². The van der Waals surface area contributed by atoms with Crippen molar-refractivity contribution >= 4 is 5.91 Å². The van der Waals surface area contributed by atoms with Gasteiger partial charge in [0.15, 0.2) is 0 Å². The van der Waals surface area contributed by atoms with Crippen molar-refractivity contribution in [3.63, 3.8) is 0 Å².